The number of nitrogens with one attached hydrogen (secondary N) is 1. The Morgan fingerprint density at radius 3 is 2.38 bits per heavy atom. The minimum absolute atomic E-state index is 0.815. The SMILES string of the molecule is CSCCNC1CCC(SC)CC1. The van der Waals surface area contributed by atoms with Crippen molar-refractivity contribution >= 4 is 23.5 Å². The molecule has 1 fully saturated rings. The van der Waals surface area contributed by atoms with Crippen molar-refractivity contribution in [3.05, 3.63) is 0 Å². The van der Waals surface area contributed by atoms with E-state index in [4.69, 9.17) is 0 Å². The molecule has 0 atom stereocenters. The van der Waals surface area contributed by atoms with Gasteiger partial charge in [0.15, 0.2) is 0 Å². The summed E-state index contributed by atoms with van der Waals surface area (Å²) in [6.45, 7) is 1.19. The van der Waals surface area contributed by atoms with E-state index in [1.165, 1.54) is 38.0 Å². The molecule has 0 saturated heterocycles. The monoisotopic (exact) mass is 219 g/mol. The van der Waals surface area contributed by atoms with Gasteiger partial charge in [-0.3, -0.25) is 0 Å². The molecule has 0 aliphatic heterocycles. The quantitative estimate of drug-likeness (QED) is 0.714. The van der Waals surface area contributed by atoms with Crippen molar-refractivity contribution in [2.75, 3.05) is 24.8 Å². The van der Waals surface area contributed by atoms with Crippen LogP contribution in [0.25, 0.3) is 0 Å². The lowest BCUT2D eigenvalue weighted by Gasteiger charge is -2.28. The number of thioether (sulfide) groups is 2. The third kappa shape index (κ3) is 4.61. The molecular formula is C10H21NS2. The van der Waals surface area contributed by atoms with E-state index in [2.05, 4.69) is 17.8 Å². The largest absolute Gasteiger partial charge is 0.313 e. The molecule has 0 radical (unpaired) electrons. The standard InChI is InChI=1S/C10H21NS2/c1-12-8-7-11-9-3-5-10(13-2)6-4-9/h9-11H,3-8H2,1-2H3. The Kier molecular flexibility index (Phi) is 6.33. The van der Waals surface area contributed by atoms with E-state index in [0.717, 1.165) is 11.3 Å². The highest BCUT2D eigenvalue weighted by molar-refractivity contribution is 7.99. The van der Waals surface area contributed by atoms with Crippen molar-refractivity contribution in [1.82, 2.24) is 5.32 Å². The molecule has 0 unspecified atom stereocenters. The Balaban J connectivity index is 2.03. The van der Waals surface area contributed by atoms with E-state index < -0.39 is 0 Å². The lowest BCUT2D eigenvalue weighted by molar-refractivity contribution is 0.388. The Bertz CT molecular complexity index is 119. The van der Waals surface area contributed by atoms with Gasteiger partial charge < -0.3 is 5.32 Å². The molecule has 0 bridgehead atoms. The van der Waals surface area contributed by atoms with Crippen molar-refractivity contribution in [3.8, 4) is 0 Å². The van der Waals surface area contributed by atoms with Crippen LogP contribution in [0.5, 0.6) is 0 Å². The average molecular weight is 219 g/mol. The average Bonchev–Trinajstić information content (AvgIpc) is 2.19. The molecule has 0 aromatic rings. The first-order chi connectivity index (χ1) is 6.36. The van der Waals surface area contributed by atoms with Crippen LogP contribution in [0.3, 0.4) is 0 Å². The Morgan fingerprint density at radius 2 is 1.85 bits per heavy atom. The fourth-order valence-corrected chi connectivity index (χ4v) is 2.93. The lowest BCUT2D eigenvalue weighted by atomic mass is 9.95. The summed E-state index contributed by atoms with van der Waals surface area (Å²) in [6, 6.07) is 0.815. The van der Waals surface area contributed by atoms with Crippen LogP contribution in [0, 0.1) is 0 Å². The van der Waals surface area contributed by atoms with Gasteiger partial charge in [0, 0.05) is 23.6 Å². The van der Waals surface area contributed by atoms with Gasteiger partial charge in [-0.15, -0.1) is 0 Å². The predicted molar refractivity (Wildman–Crippen MR) is 65.9 cm³/mol. The number of hydrogen-bond acceptors (Lipinski definition) is 3. The molecule has 0 amide bonds. The van der Waals surface area contributed by atoms with Crippen LogP contribution in [0.2, 0.25) is 0 Å². The van der Waals surface area contributed by atoms with Crippen molar-refractivity contribution < 1.29 is 0 Å². The van der Waals surface area contributed by atoms with E-state index in [-0.39, 0.29) is 0 Å². The van der Waals surface area contributed by atoms with Crippen molar-refractivity contribution in [3.63, 3.8) is 0 Å². The molecular weight excluding hydrogens is 198 g/mol. The summed E-state index contributed by atoms with van der Waals surface area (Å²) >= 11 is 3.97. The van der Waals surface area contributed by atoms with Crippen LogP contribution < -0.4 is 5.32 Å². The zero-order valence-corrected chi connectivity index (χ0v) is 10.3. The Morgan fingerprint density at radius 1 is 1.15 bits per heavy atom. The van der Waals surface area contributed by atoms with Gasteiger partial charge in [0.05, 0.1) is 0 Å². The molecule has 0 heterocycles. The number of hydrogen-bond donors (Lipinski definition) is 1. The predicted octanol–water partition coefficient (Wildman–Crippen LogP) is 2.61. The van der Waals surface area contributed by atoms with Gasteiger partial charge in [0.25, 0.3) is 0 Å². The minimum atomic E-state index is 0.815. The summed E-state index contributed by atoms with van der Waals surface area (Å²) in [4.78, 5) is 0. The molecule has 13 heavy (non-hydrogen) atoms. The van der Waals surface area contributed by atoms with Crippen LogP contribution in [0.1, 0.15) is 25.7 Å². The first-order valence-electron chi connectivity index (χ1n) is 5.12. The molecule has 0 aromatic heterocycles. The lowest BCUT2D eigenvalue weighted by Crippen LogP contribution is -2.35. The molecule has 1 saturated carbocycles. The van der Waals surface area contributed by atoms with E-state index in [1.54, 1.807) is 0 Å². The van der Waals surface area contributed by atoms with Gasteiger partial charge in [-0.1, -0.05) is 0 Å². The van der Waals surface area contributed by atoms with Gasteiger partial charge in [-0.25, -0.2) is 0 Å². The maximum atomic E-state index is 3.64. The van der Waals surface area contributed by atoms with Crippen molar-refractivity contribution in [2.24, 2.45) is 0 Å². The number of rotatable bonds is 5. The molecule has 1 rings (SSSR count). The molecule has 0 spiro atoms. The second-order valence-corrected chi connectivity index (χ2v) is 5.78. The zero-order valence-electron chi connectivity index (χ0n) is 8.71. The second kappa shape index (κ2) is 7.02. The van der Waals surface area contributed by atoms with E-state index in [9.17, 15) is 0 Å². The zero-order chi connectivity index (χ0) is 9.52. The van der Waals surface area contributed by atoms with Gasteiger partial charge in [0.2, 0.25) is 0 Å². The fourth-order valence-electron chi connectivity index (χ4n) is 1.87. The molecule has 1 N–H and O–H groups in total. The maximum absolute atomic E-state index is 3.64. The highest BCUT2D eigenvalue weighted by Gasteiger charge is 2.19. The van der Waals surface area contributed by atoms with E-state index in [0.29, 0.717) is 0 Å². The summed E-state index contributed by atoms with van der Waals surface area (Å²) in [7, 11) is 0. The summed E-state index contributed by atoms with van der Waals surface area (Å²) in [5.41, 5.74) is 0. The summed E-state index contributed by atoms with van der Waals surface area (Å²) in [5.74, 6) is 1.25. The van der Waals surface area contributed by atoms with Crippen LogP contribution in [0.15, 0.2) is 0 Å². The summed E-state index contributed by atoms with van der Waals surface area (Å²) in [5, 5.41) is 4.58. The molecule has 1 aliphatic rings. The van der Waals surface area contributed by atoms with E-state index in [1.807, 2.05) is 23.5 Å². The highest BCUT2D eigenvalue weighted by atomic mass is 32.2. The Labute approximate surface area is 90.8 Å². The molecule has 1 nitrogen and oxygen atoms in total. The third-order valence-corrected chi connectivity index (χ3v) is 4.50. The minimum Gasteiger partial charge on any atom is -0.313 e. The fraction of sp³-hybridized carbons (Fsp3) is 1.00. The van der Waals surface area contributed by atoms with Crippen molar-refractivity contribution in [1.29, 1.82) is 0 Å². The van der Waals surface area contributed by atoms with E-state index >= 15 is 0 Å². The van der Waals surface area contributed by atoms with Crippen molar-refractivity contribution in [2.45, 2.75) is 37.0 Å². The smallest absolute Gasteiger partial charge is 0.00681 e. The van der Waals surface area contributed by atoms with Crippen LogP contribution in [0.4, 0.5) is 0 Å². The van der Waals surface area contributed by atoms with Gasteiger partial charge in [-0.05, 0) is 38.2 Å². The first kappa shape index (κ1) is 11.7. The molecule has 1 aliphatic carbocycles. The maximum Gasteiger partial charge on any atom is 0.00681 e. The molecule has 0 aromatic carbocycles. The summed E-state index contributed by atoms with van der Waals surface area (Å²) in [6.07, 6.45) is 10.0. The normalized spacial score (nSPS) is 29.1. The van der Waals surface area contributed by atoms with Crippen LogP contribution >= 0.6 is 23.5 Å². The second-order valence-electron chi connectivity index (χ2n) is 3.66. The first-order valence-corrected chi connectivity index (χ1v) is 7.80. The van der Waals surface area contributed by atoms with Gasteiger partial charge in [-0.2, -0.15) is 23.5 Å². The van der Waals surface area contributed by atoms with Crippen LogP contribution in [-0.2, 0) is 0 Å². The third-order valence-electron chi connectivity index (χ3n) is 2.75. The van der Waals surface area contributed by atoms with Gasteiger partial charge >= 0.3 is 0 Å². The van der Waals surface area contributed by atoms with Gasteiger partial charge in [0.1, 0.15) is 0 Å². The highest BCUT2D eigenvalue weighted by Crippen LogP contribution is 2.26. The summed E-state index contributed by atoms with van der Waals surface area (Å²) < 4.78 is 0. The molecule has 3 heteroatoms. The topological polar surface area (TPSA) is 12.0 Å². The van der Waals surface area contributed by atoms with Crippen LogP contribution in [-0.4, -0.2) is 36.1 Å². The molecule has 78 valence electrons. The Hall–Kier alpha value is 0.660.